The minimum absolute atomic E-state index is 0.111. The summed E-state index contributed by atoms with van der Waals surface area (Å²) in [5.74, 6) is -0.175. The summed E-state index contributed by atoms with van der Waals surface area (Å²) in [6, 6.07) is 6.65. The number of benzene rings is 1. The molecule has 1 aromatic heterocycles. The quantitative estimate of drug-likeness (QED) is 0.906. The van der Waals surface area contributed by atoms with Crippen molar-refractivity contribution in [3.63, 3.8) is 0 Å². The van der Waals surface area contributed by atoms with Gasteiger partial charge < -0.3 is 9.84 Å². The SMILES string of the molecule is CC(C)Oc1ccc(-c2cnnn2C(C)C(=O)O)cc1. The Labute approximate surface area is 117 Å². The van der Waals surface area contributed by atoms with Gasteiger partial charge in [0.15, 0.2) is 0 Å². The molecule has 1 atom stereocenters. The number of aliphatic carboxylic acids is 1. The summed E-state index contributed by atoms with van der Waals surface area (Å²) in [5, 5.41) is 16.7. The Morgan fingerprint density at radius 2 is 1.90 bits per heavy atom. The molecule has 106 valence electrons. The first-order valence-electron chi connectivity index (χ1n) is 6.39. The maximum absolute atomic E-state index is 11.0. The van der Waals surface area contributed by atoms with Crippen molar-refractivity contribution in [2.24, 2.45) is 0 Å². The van der Waals surface area contributed by atoms with Crippen LogP contribution in [0.3, 0.4) is 0 Å². The lowest BCUT2D eigenvalue weighted by Gasteiger charge is -2.12. The zero-order valence-corrected chi connectivity index (χ0v) is 11.6. The Kier molecular flexibility index (Phi) is 4.02. The van der Waals surface area contributed by atoms with Gasteiger partial charge in [-0.05, 0) is 45.0 Å². The van der Waals surface area contributed by atoms with Crippen LogP contribution in [0.25, 0.3) is 11.3 Å². The van der Waals surface area contributed by atoms with E-state index in [4.69, 9.17) is 9.84 Å². The molecule has 0 saturated carbocycles. The van der Waals surface area contributed by atoms with E-state index in [0.29, 0.717) is 5.69 Å². The third kappa shape index (κ3) is 2.96. The molecular formula is C14H17N3O3. The van der Waals surface area contributed by atoms with E-state index in [-0.39, 0.29) is 6.10 Å². The minimum Gasteiger partial charge on any atom is -0.491 e. The Hall–Kier alpha value is -2.37. The van der Waals surface area contributed by atoms with Gasteiger partial charge in [0.25, 0.3) is 0 Å². The van der Waals surface area contributed by atoms with Gasteiger partial charge in [-0.15, -0.1) is 5.10 Å². The summed E-state index contributed by atoms with van der Waals surface area (Å²) < 4.78 is 6.96. The highest BCUT2D eigenvalue weighted by Gasteiger charge is 2.18. The maximum Gasteiger partial charge on any atom is 0.328 e. The van der Waals surface area contributed by atoms with E-state index < -0.39 is 12.0 Å². The van der Waals surface area contributed by atoms with Crippen LogP contribution in [-0.4, -0.2) is 32.2 Å². The molecule has 0 amide bonds. The predicted molar refractivity (Wildman–Crippen MR) is 73.6 cm³/mol. The topological polar surface area (TPSA) is 77.2 Å². The fraction of sp³-hybridized carbons (Fsp3) is 0.357. The van der Waals surface area contributed by atoms with Crippen molar-refractivity contribution in [3.05, 3.63) is 30.5 Å². The normalized spacial score (nSPS) is 12.4. The van der Waals surface area contributed by atoms with Gasteiger partial charge >= 0.3 is 5.97 Å². The number of nitrogens with zero attached hydrogens (tertiary/aromatic N) is 3. The van der Waals surface area contributed by atoms with Gasteiger partial charge in [-0.2, -0.15) is 0 Å². The fourth-order valence-corrected chi connectivity index (χ4v) is 1.82. The Bertz CT molecular complexity index is 590. The third-order valence-corrected chi connectivity index (χ3v) is 2.82. The fourth-order valence-electron chi connectivity index (χ4n) is 1.82. The van der Waals surface area contributed by atoms with Gasteiger partial charge in [0.05, 0.1) is 18.0 Å². The van der Waals surface area contributed by atoms with Gasteiger partial charge in [-0.1, -0.05) is 5.21 Å². The Morgan fingerprint density at radius 1 is 1.25 bits per heavy atom. The molecule has 0 spiro atoms. The second-order valence-corrected chi connectivity index (χ2v) is 4.77. The number of aromatic nitrogens is 3. The molecule has 0 aliphatic carbocycles. The van der Waals surface area contributed by atoms with Crippen LogP contribution in [0.1, 0.15) is 26.8 Å². The van der Waals surface area contributed by atoms with Crippen molar-refractivity contribution in [1.82, 2.24) is 15.0 Å². The molecule has 6 heteroatoms. The number of carboxylic acid groups (broad SMARTS) is 1. The van der Waals surface area contributed by atoms with E-state index in [2.05, 4.69) is 10.3 Å². The smallest absolute Gasteiger partial charge is 0.328 e. The molecule has 1 N–H and O–H groups in total. The third-order valence-electron chi connectivity index (χ3n) is 2.82. The van der Waals surface area contributed by atoms with Crippen LogP contribution >= 0.6 is 0 Å². The molecule has 0 radical (unpaired) electrons. The summed E-state index contributed by atoms with van der Waals surface area (Å²) in [7, 11) is 0. The molecule has 2 aromatic rings. The highest BCUT2D eigenvalue weighted by Crippen LogP contribution is 2.24. The van der Waals surface area contributed by atoms with Gasteiger partial charge in [0.1, 0.15) is 11.8 Å². The predicted octanol–water partition coefficient (Wildman–Crippen LogP) is 2.38. The summed E-state index contributed by atoms with van der Waals surface area (Å²) in [6.45, 7) is 5.49. The molecule has 2 rings (SSSR count). The lowest BCUT2D eigenvalue weighted by atomic mass is 10.1. The van der Waals surface area contributed by atoms with Crippen LogP contribution < -0.4 is 4.74 Å². The van der Waals surface area contributed by atoms with Crippen LogP contribution in [-0.2, 0) is 4.79 Å². The zero-order valence-electron chi connectivity index (χ0n) is 11.6. The summed E-state index contributed by atoms with van der Waals surface area (Å²) >= 11 is 0. The minimum atomic E-state index is -0.948. The molecule has 0 aliphatic rings. The van der Waals surface area contributed by atoms with Crippen LogP contribution in [0.4, 0.5) is 0 Å². The number of carbonyl (C=O) groups is 1. The summed E-state index contributed by atoms with van der Waals surface area (Å²) in [4.78, 5) is 11.0. The van der Waals surface area contributed by atoms with Crippen LogP contribution in [0.5, 0.6) is 5.75 Å². The van der Waals surface area contributed by atoms with Gasteiger partial charge in [-0.25, -0.2) is 9.48 Å². The van der Waals surface area contributed by atoms with E-state index in [1.54, 1.807) is 13.1 Å². The molecular weight excluding hydrogens is 258 g/mol. The first kappa shape index (κ1) is 14.0. The van der Waals surface area contributed by atoms with Gasteiger partial charge in [0, 0.05) is 5.56 Å². The lowest BCUT2D eigenvalue weighted by Crippen LogP contribution is -2.17. The highest BCUT2D eigenvalue weighted by molar-refractivity contribution is 5.72. The van der Waals surface area contributed by atoms with Crippen molar-refractivity contribution in [2.75, 3.05) is 0 Å². The monoisotopic (exact) mass is 275 g/mol. The first-order chi connectivity index (χ1) is 9.49. The Balaban J connectivity index is 2.28. The number of carboxylic acids is 1. The zero-order chi connectivity index (χ0) is 14.7. The van der Waals surface area contributed by atoms with E-state index in [1.807, 2.05) is 38.1 Å². The lowest BCUT2D eigenvalue weighted by molar-refractivity contribution is -0.140. The van der Waals surface area contributed by atoms with E-state index in [1.165, 1.54) is 4.68 Å². The molecule has 1 unspecified atom stereocenters. The number of hydrogen-bond acceptors (Lipinski definition) is 4. The molecule has 1 aromatic carbocycles. The number of ether oxygens (including phenoxy) is 1. The summed E-state index contributed by atoms with van der Waals surface area (Å²) in [6.07, 6.45) is 1.66. The second kappa shape index (κ2) is 5.73. The number of hydrogen-bond donors (Lipinski definition) is 1. The maximum atomic E-state index is 11.0. The van der Waals surface area contributed by atoms with Crippen molar-refractivity contribution in [2.45, 2.75) is 32.9 Å². The largest absolute Gasteiger partial charge is 0.491 e. The van der Waals surface area contributed by atoms with E-state index in [0.717, 1.165) is 11.3 Å². The molecule has 0 bridgehead atoms. The average Bonchev–Trinajstić information content (AvgIpc) is 2.87. The second-order valence-electron chi connectivity index (χ2n) is 4.77. The molecule has 20 heavy (non-hydrogen) atoms. The molecule has 0 aliphatic heterocycles. The van der Waals surface area contributed by atoms with Crippen molar-refractivity contribution in [3.8, 4) is 17.0 Å². The summed E-state index contributed by atoms with van der Waals surface area (Å²) in [5.41, 5.74) is 1.51. The van der Waals surface area contributed by atoms with Gasteiger partial charge in [-0.3, -0.25) is 0 Å². The average molecular weight is 275 g/mol. The van der Waals surface area contributed by atoms with Crippen LogP contribution in [0.2, 0.25) is 0 Å². The number of rotatable bonds is 5. The molecule has 6 nitrogen and oxygen atoms in total. The van der Waals surface area contributed by atoms with Crippen LogP contribution in [0, 0.1) is 0 Å². The molecule has 0 fully saturated rings. The van der Waals surface area contributed by atoms with Crippen molar-refractivity contribution in [1.29, 1.82) is 0 Å². The van der Waals surface area contributed by atoms with Crippen molar-refractivity contribution >= 4 is 5.97 Å². The standard InChI is InChI=1S/C14H17N3O3/c1-9(2)20-12-6-4-11(5-7-12)13-8-15-16-17(13)10(3)14(18)19/h4-10H,1-3H3,(H,18,19). The van der Waals surface area contributed by atoms with E-state index >= 15 is 0 Å². The Morgan fingerprint density at radius 3 is 2.45 bits per heavy atom. The first-order valence-corrected chi connectivity index (χ1v) is 6.39. The van der Waals surface area contributed by atoms with Crippen LogP contribution in [0.15, 0.2) is 30.5 Å². The molecule has 0 saturated heterocycles. The highest BCUT2D eigenvalue weighted by atomic mass is 16.5. The van der Waals surface area contributed by atoms with E-state index in [9.17, 15) is 4.79 Å². The van der Waals surface area contributed by atoms with Gasteiger partial charge in [0.2, 0.25) is 0 Å². The molecule has 1 heterocycles. The van der Waals surface area contributed by atoms with Crippen molar-refractivity contribution < 1.29 is 14.6 Å².